The highest BCUT2D eigenvalue weighted by molar-refractivity contribution is 7.12. The summed E-state index contributed by atoms with van der Waals surface area (Å²) in [5, 5.41) is 1.76. The van der Waals surface area contributed by atoms with Gasteiger partial charge in [-0.05, 0) is 12.6 Å². The topological polar surface area (TPSA) is 40.6 Å². The van der Waals surface area contributed by atoms with Gasteiger partial charge in [-0.2, -0.15) is 0 Å². The van der Waals surface area contributed by atoms with E-state index in [1.807, 2.05) is 4.90 Å². The van der Waals surface area contributed by atoms with Gasteiger partial charge in [-0.25, -0.2) is 0 Å². The molecule has 0 aromatic carbocycles. The van der Waals surface area contributed by atoms with Crippen molar-refractivity contribution in [3.8, 4) is 0 Å². The molecular formula is C12H16N2O2S. The Morgan fingerprint density at radius 2 is 2.12 bits per heavy atom. The predicted molar refractivity (Wildman–Crippen MR) is 67.7 cm³/mol. The van der Waals surface area contributed by atoms with Crippen LogP contribution in [0, 0.1) is 0 Å². The molecule has 1 aliphatic heterocycles. The van der Waals surface area contributed by atoms with E-state index < -0.39 is 0 Å². The summed E-state index contributed by atoms with van der Waals surface area (Å²) in [5.74, 6) is 0.0464. The van der Waals surface area contributed by atoms with Crippen LogP contribution in [0.15, 0.2) is 11.4 Å². The summed E-state index contributed by atoms with van der Waals surface area (Å²) in [5.41, 5.74) is 0.641. The molecule has 1 aliphatic rings. The maximum atomic E-state index is 12.1. The first kappa shape index (κ1) is 12.3. The fraction of sp³-hybridized carbons (Fsp3) is 0.500. The van der Waals surface area contributed by atoms with Crippen LogP contribution in [0.2, 0.25) is 0 Å². The minimum absolute atomic E-state index is 0.0464. The van der Waals surface area contributed by atoms with Crippen LogP contribution in [0.3, 0.4) is 0 Å². The third-order valence-corrected chi connectivity index (χ3v) is 3.95. The lowest BCUT2D eigenvalue weighted by Crippen LogP contribution is -2.48. The number of nitrogens with zero attached hydrogens (tertiary/aromatic N) is 2. The standard InChI is InChI=1S/C12H16N2O2S/c1-2-13-3-5-14(6-4-13)12(16)10-7-11(8-15)17-9-10/h7-9H,2-6H2,1H3. The Bertz CT molecular complexity index is 408. The highest BCUT2D eigenvalue weighted by Gasteiger charge is 2.21. The molecule has 92 valence electrons. The molecule has 1 amide bonds. The van der Waals surface area contributed by atoms with Crippen LogP contribution in [-0.2, 0) is 0 Å². The summed E-state index contributed by atoms with van der Waals surface area (Å²) in [4.78, 5) is 27.5. The molecule has 1 aromatic heterocycles. The summed E-state index contributed by atoms with van der Waals surface area (Å²) >= 11 is 1.32. The zero-order valence-electron chi connectivity index (χ0n) is 9.89. The minimum atomic E-state index is 0.0464. The van der Waals surface area contributed by atoms with Crippen LogP contribution in [-0.4, -0.2) is 54.7 Å². The average Bonchev–Trinajstić information content (AvgIpc) is 2.87. The van der Waals surface area contributed by atoms with Gasteiger partial charge in [-0.1, -0.05) is 6.92 Å². The van der Waals surface area contributed by atoms with E-state index in [0.29, 0.717) is 10.4 Å². The summed E-state index contributed by atoms with van der Waals surface area (Å²) < 4.78 is 0. The van der Waals surface area contributed by atoms with Crippen LogP contribution in [0.5, 0.6) is 0 Å². The zero-order chi connectivity index (χ0) is 12.3. The van der Waals surface area contributed by atoms with Crippen molar-refractivity contribution in [1.29, 1.82) is 0 Å². The van der Waals surface area contributed by atoms with E-state index in [4.69, 9.17) is 0 Å². The number of amides is 1. The Labute approximate surface area is 105 Å². The van der Waals surface area contributed by atoms with Gasteiger partial charge in [0, 0.05) is 31.6 Å². The van der Waals surface area contributed by atoms with Crippen LogP contribution in [0.25, 0.3) is 0 Å². The van der Waals surface area contributed by atoms with Crippen LogP contribution in [0.4, 0.5) is 0 Å². The van der Waals surface area contributed by atoms with E-state index in [0.717, 1.165) is 39.0 Å². The van der Waals surface area contributed by atoms with E-state index in [1.54, 1.807) is 11.4 Å². The Kier molecular flexibility index (Phi) is 3.91. The van der Waals surface area contributed by atoms with E-state index in [2.05, 4.69) is 11.8 Å². The predicted octanol–water partition coefficient (Wildman–Crippen LogP) is 1.34. The molecule has 0 radical (unpaired) electrons. The van der Waals surface area contributed by atoms with Crippen molar-refractivity contribution in [1.82, 2.24) is 9.80 Å². The van der Waals surface area contributed by atoms with Gasteiger partial charge in [0.25, 0.3) is 5.91 Å². The fourth-order valence-electron chi connectivity index (χ4n) is 1.98. The fourth-order valence-corrected chi connectivity index (χ4v) is 2.66. The molecule has 5 heteroatoms. The highest BCUT2D eigenvalue weighted by Crippen LogP contribution is 2.15. The Morgan fingerprint density at radius 3 is 2.65 bits per heavy atom. The monoisotopic (exact) mass is 252 g/mol. The Balaban J connectivity index is 1.99. The van der Waals surface area contributed by atoms with Crippen molar-refractivity contribution in [3.05, 3.63) is 21.9 Å². The maximum Gasteiger partial charge on any atom is 0.254 e. The zero-order valence-corrected chi connectivity index (χ0v) is 10.7. The first-order chi connectivity index (χ1) is 8.24. The molecule has 0 saturated carbocycles. The molecule has 0 bridgehead atoms. The SMILES string of the molecule is CCN1CCN(C(=O)c2csc(C=O)c2)CC1. The van der Waals surface area contributed by atoms with Gasteiger partial charge in [0.15, 0.2) is 6.29 Å². The molecule has 1 aromatic rings. The number of aldehydes is 1. The van der Waals surface area contributed by atoms with Gasteiger partial charge >= 0.3 is 0 Å². The second-order valence-corrected chi connectivity index (χ2v) is 5.02. The van der Waals surface area contributed by atoms with Gasteiger partial charge < -0.3 is 9.80 Å². The first-order valence-corrected chi connectivity index (χ1v) is 6.68. The van der Waals surface area contributed by atoms with Crippen LogP contribution < -0.4 is 0 Å². The van der Waals surface area contributed by atoms with Gasteiger partial charge in [-0.15, -0.1) is 11.3 Å². The lowest BCUT2D eigenvalue weighted by Gasteiger charge is -2.33. The molecule has 0 spiro atoms. The molecule has 2 heterocycles. The highest BCUT2D eigenvalue weighted by atomic mass is 32.1. The van der Waals surface area contributed by atoms with E-state index in [1.165, 1.54) is 11.3 Å². The molecule has 0 aliphatic carbocycles. The van der Waals surface area contributed by atoms with Crippen LogP contribution >= 0.6 is 11.3 Å². The van der Waals surface area contributed by atoms with Crippen molar-refractivity contribution in [3.63, 3.8) is 0 Å². The average molecular weight is 252 g/mol. The molecule has 0 atom stereocenters. The summed E-state index contributed by atoms with van der Waals surface area (Å²) in [7, 11) is 0. The smallest absolute Gasteiger partial charge is 0.254 e. The van der Waals surface area contributed by atoms with Crippen molar-refractivity contribution in [2.24, 2.45) is 0 Å². The molecule has 1 saturated heterocycles. The molecule has 1 fully saturated rings. The quantitative estimate of drug-likeness (QED) is 0.762. The first-order valence-electron chi connectivity index (χ1n) is 5.80. The Morgan fingerprint density at radius 1 is 1.41 bits per heavy atom. The lowest BCUT2D eigenvalue weighted by atomic mass is 10.2. The van der Waals surface area contributed by atoms with Gasteiger partial charge in [0.05, 0.1) is 10.4 Å². The van der Waals surface area contributed by atoms with Crippen molar-refractivity contribution < 1.29 is 9.59 Å². The molecular weight excluding hydrogens is 236 g/mol. The number of hydrogen-bond donors (Lipinski definition) is 0. The second-order valence-electron chi connectivity index (χ2n) is 4.08. The third-order valence-electron chi connectivity index (χ3n) is 3.09. The molecule has 0 unspecified atom stereocenters. The number of rotatable bonds is 3. The van der Waals surface area contributed by atoms with Crippen molar-refractivity contribution >= 4 is 23.5 Å². The normalized spacial score (nSPS) is 17.1. The summed E-state index contributed by atoms with van der Waals surface area (Å²) in [6, 6.07) is 1.67. The minimum Gasteiger partial charge on any atom is -0.336 e. The third kappa shape index (κ3) is 2.73. The maximum absolute atomic E-state index is 12.1. The van der Waals surface area contributed by atoms with E-state index in [9.17, 15) is 9.59 Å². The van der Waals surface area contributed by atoms with Crippen LogP contribution in [0.1, 0.15) is 27.0 Å². The number of carbonyl (C=O) groups excluding carboxylic acids is 2. The van der Waals surface area contributed by atoms with Gasteiger partial charge in [0.2, 0.25) is 0 Å². The van der Waals surface area contributed by atoms with Gasteiger partial charge in [-0.3, -0.25) is 9.59 Å². The number of hydrogen-bond acceptors (Lipinski definition) is 4. The Hall–Kier alpha value is -1.20. The number of carbonyl (C=O) groups is 2. The molecule has 4 nitrogen and oxygen atoms in total. The summed E-state index contributed by atoms with van der Waals surface area (Å²) in [6.07, 6.45) is 0.788. The molecule has 0 N–H and O–H groups in total. The number of piperazine rings is 1. The van der Waals surface area contributed by atoms with Gasteiger partial charge in [0.1, 0.15) is 0 Å². The molecule has 2 rings (SSSR count). The van der Waals surface area contributed by atoms with E-state index in [-0.39, 0.29) is 5.91 Å². The second kappa shape index (κ2) is 5.42. The molecule has 17 heavy (non-hydrogen) atoms. The number of likely N-dealkylation sites (N-methyl/N-ethyl adjacent to an activating group) is 1. The summed E-state index contributed by atoms with van der Waals surface area (Å²) in [6.45, 7) is 6.60. The van der Waals surface area contributed by atoms with E-state index >= 15 is 0 Å². The number of thiophene rings is 1. The lowest BCUT2D eigenvalue weighted by molar-refractivity contribution is 0.0644. The van der Waals surface area contributed by atoms with Crippen molar-refractivity contribution in [2.75, 3.05) is 32.7 Å². The van der Waals surface area contributed by atoms with Crippen molar-refractivity contribution in [2.45, 2.75) is 6.92 Å². The largest absolute Gasteiger partial charge is 0.336 e.